The standard InChI is InChI=1S/C11H13BrN2O3/c1-6(4-13)14-11(15)7-2-8(12)10-9(3-7)16-5-17-10/h2-3,6H,4-5,13H2,1H3,(H,14,15)/t6-/m0/s1. The maximum absolute atomic E-state index is 11.9. The van der Waals surface area contributed by atoms with E-state index >= 15 is 0 Å². The number of benzene rings is 1. The van der Waals surface area contributed by atoms with Crippen LogP contribution >= 0.6 is 15.9 Å². The minimum absolute atomic E-state index is 0.0632. The molecule has 17 heavy (non-hydrogen) atoms. The van der Waals surface area contributed by atoms with Gasteiger partial charge in [-0.25, -0.2) is 0 Å². The van der Waals surface area contributed by atoms with E-state index in [1.54, 1.807) is 12.1 Å². The second kappa shape index (κ2) is 4.93. The van der Waals surface area contributed by atoms with E-state index in [1.807, 2.05) is 6.92 Å². The molecule has 3 N–H and O–H groups in total. The highest BCUT2D eigenvalue weighted by Gasteiger charge is 2.20. The van der Waals surface area contributed by atoms with Crippen LogP contribution in [0.1, 0.15) is 17.3 Å². The van der Waals surface area contributed by atoms with Crippen molar-refractivity contribution in [3.05, 3.63) is 22.2 Å². The SMILES string of the molecule is C[C@@H](CN)NC(=O)c1cc(Br)c2c(c1)OCO2. The number of halogens is 1. The van der Waals surface area contributed by atoms with Crippen molar-refractivity contribution in [3.8, 4) is 11.5 Å². The van der Waals surface area contributed by atoms with E-state index in [-0.39, 0.29) is 18.7 Å². The highest BCUT2D eigenvalue weighted by Crippen LogP contribution is 2.39. The van der Waals surface area contributed by atoms with Gasteiger partial charge in [0.1, 0.15) is 0 Å². The van der Waals surface area contributed by atoms with Crippen LogP contribution in [0.4, 0.5) is 0 Å². The number of nitrogens with two attached hydrogens (primary N) is 1. The molecule has 2 rings (SSSR count). The van der Waals surface area contributed by atoms with Gasteiger partial charge in [-0.2, -0.15) is 0 Å². The average molecular weight is 301 g/mol. The highest BCUT2D eigenvalue weighted by atomic mass is 79.9. The highest BCUT2D eigenvalue weighted by molar-refractivity contribution is 9.10. The number of fused-ring (bicyclic) bond motifs is 1. The smallest absolute Gasteiger partial charge is 0.251 e. The maximum Gasteiger partial charge on any atom is 0.251 e. The van der Waals surface area contributed by atoms with Crippen LogP contribution in [0.2, 0.25) is 0 Å². The zero-order chi connectivity index (χ0) is 12.4. The molecule has 92 valence electrons. The summed E-state index contributed by atoms with van der Waals surface area (Å²) in [6.07, 6.45) is 0. The Morgan fingerprint density at radius 3 is 3.06 bits per heavy atom. The fourth-order valence-corrected chi connectivity index (χ4v) is 2.02. The lowest BCUT2D eigenvalue weighted by molar-refractivity contribution is 0.0941. The van der Waals surface area contributed by atoms with Crippen molar-refractivity contribution in [3.63, 3.8) is 0 Å². The normalized spacial score (nSPS) is 14.5. The van der Waals surface area contributed by atoms with E-state index in [9.17, 15) is 4.79 Å². The van der Waals surface area contributed by atoms with Gasteiger partial charge in [-0.3, -0.25) is 4.79 Å². The van der Waals surface area contributed by atoms with Gasteiger partial charge in [0.25, 0.3) is 5.91 Å². The number of carbonyl (C=O) groups excluding carboxylic acids is 1. The summed E-state index contributed by atoms with van der Waals surface area (Å²) >= 11 is 3.34. The maximum atomic E-state index is 11.9. The van der Waals surface area contributed by atoms with Crippen LogP contribution in [0, 0.1) is 0 Å². The van der Waals surface area contributed by atoms with Gasteiger partial charge in [-0.1, -0.05) is 0 Å². The molecule has 1 aromatic carbocycles. The van der Waals surface area contributed by atoms with Gasteiger partial charge >= 0.3 is 0 Å². The number of nitrogens with one attached hydrogen (secondary N) is 1. The van der Waals surface area contributed by atoms with Crippen molar-refractivity contribution in [1.29, 1.82) is 0 Å². The Kier molecular flexibility index (Phi) is 3.54. The molecule has 1 amide bonds. The third-order valence-corrected chi connectivity index (χ3v) is 3.01. The monoisotopic (exact) mass is 300 g/mol. The summed E-state index contributed by atoms with van der Waals surface area (Å²) in [5, 5.41) is 2.78. The molecule has 0 radical (unpaired) electrons. The van der Waals surface area contributed by atoms with E-state index in [2.05, 4.69) is 21.2 Å². The average Bonchev–Trinajstić information content (AvgIpc) is 2.77. The largest absolute Gasteiger partial charge is 0.454 e. The number of amides is 1. The van der Waals surface area contributed by atoms with Crippen molar-refractivity contribution in [2.45, 2.75) is 13.0 Å². The molecule has 6 heteroatoms. The predicted octanol–water partition coefficient (Wildman–Crippen LogP) is 1.25. The number of carbonyl (C=O) groups is 1. The minimum Gasteiger partial charge on any atom is -0.454 e. The molecule has 0 saturated heterocycles. The summed E-state index contributed by atoms with van der Waals surface area (Å²) in [4.78, 5) is 11.9. The molecular weight excluding hydrogens is 288 g/mol. The van der Waals surface area contributed by atoms with Crippen LogP contribution in [-0.2, 0) is 0 Å². The van der Waals surface area contributed by atoms with Gasteiger partial charge in [0.05, 0.1) is 4.47 Å². The molecule has 0 unspecified atom stereocenters. The van der Waals surface area contributed by atoms with Crippen LogP contribution in [-0.4, -0.2) is 25.3 Å². The van der Waals surface area contributed by atoms with Gasteiger partial charge in [0.2, 0.25) is 6.79 Å². The van der Waals surface area contributed by atoms with E-state index in [4.69, 9.17) is 15.2 Å². The van der Waals surface area contributed by atoms with E-state index in [0.29, 0.717) is 28.1 Å². The summed E-state index contributed by atoms with van der Waals surface area (Å²) in [6.45, 7) is 2.43. The number of ether oxygens (including phenoxy) is 2. The molecule has 0 bridgehead atoms. The fourth-order valence-electron chi connectivity index (χ4n) is 1.46. The van der Waals surface area contributed by atoms with E-state index in [0.717, 1.165) is 0 Å². The van der Waals surface area contributed by atoms with Crippen molar-refractivity contribution < 1.29 is 14.3 Å². The zero-order valence-corrected chi connectivity index (χ0v) is 10.9. The molecule has 0 aromatic heterocycles. The van der Waals surface area contributed by atoms with Crippen molar-refractivity contribution >= 4 is 21.8 Å². The number of hydrogen-bond acceptors (Lipinski definition) is 4. The van der Waals surface area contributed by atoms with E-state index in [1.165, 1.54) is 0 Å². The van der Waals surface area contributed by atoms with Gasteiger partial charge in [-0.05, 0) is 35.0 Å². The van der Waals surface area contributed by atoms with Crippen LogP contribution < -0.4 is 20.5 Å². The van der Waals surface area contributed by atoms with E-state index < -0.39 is 0 Å². The van der Waals surface area contributed by atoms with Gasteiger partial charge in [-0.15, -0.1) is 0 Å². The lowest BCUT2D eigenvalue weighted by Gasteiger charge is -2.11. The topological polar surface area (TPSA) is 73.6 Å². The van der Waals surface area contributed by atoms with Crippen LogP contribution in [0.5, 0.6) is 11.5 Å². The molecule has 1 aliphatic rings. The Hall–Kier alpha value is -1.27. The molecule has 1 aliphatic heterocycles. The first-order valence-corrected chi connectivity index (χ1v) is 6.01. The quantitative estimate of drug-likeness (QED) is 0.881. The van der Waals surface area contributed by atoms with Crippen molar-refractivity contribution in [2.75, 3.05) is 13.3 Å². The van der Waals surface area contributed by atoms with Crippen LogP contribution in [0.3, 0.4) is 0 Å². The minimum atomic E-state index is -0.179. The Balaban J connectivity index is 2.22. The van der Waals surface area contributed by atoms with Crippen LogP contribution in [0.15, 0.2) is 16.6 Å². The molecule has 1 aromatic rings. The first-order valence-electron chi connectivity index (χ1n) is 5.22. The van der Waals surface area contributed by atoms with Gasteiger partial charge < -0.3 is 20.5 Å². The second-order valence-corrected chi connectivity index (χ2v) is 4.66. The Morgan fingerprint density at radius 1 is 1.59 bits per heavy atom. The first-order chi connectivity index (χ1) is 8.11. The summed E-state index contributed by atoms with van der Waals surface area (Å²) in [5.74, 6) is 1.03. The first kappa shape index (κ1) is 12.2. The lowest BCUT2D eigenvalue weighted by Crippen LogP contribution is -2.37. The third kappa shape index (κ3) is 2.53. The van der Waals surface area contributed by atoms with Crippen LogP contribution in [0.25, 0.3) is 0 Å². The molecule has 1 heterocycles. The van der Waals surface area contributed by atoms with Crippen molar-refractivity contribution in [2.24, 2.45) is 5.73 Å². The molecule has 0 fully saturated rings. The summed E-state index contributed by atoms with van der Waals surface area (Å²) in [6, 6.07) is 3.30. The Bertz CT molecular complexity index is 451. The van der Waals surface area contributed by atoms with Gasteiger partial charge in [0.15, 0.2) is 11.5 Å². The number of hydrogen-bond donors (Lipinski definition) is 2. The molecule has 0 spiro atoms. The second-order valence-electron chi connectivity index (χ2n) is 3.80. The molecule has 1 atom stereocenters. The van der Waals surface area contributed by atoms with Gasteiger partial charge in [0, 0.05) is 18.2 Å². The number of rotatable bonds is 3. The zero-order valence-electron chi connectivity index (χ0n) is 9.33. The summed E-state index contributed by atoms with van der Waals surface area (Å²) in [7, 11) is 0. The Labute approximate surface area is 107 Å². The predicted molar refractivity (Wildman–Crippen MR) is 66.2 cm³/mol. The summed E-state index contributed by atoms with van der Waals surface area (Å²) in [5.41, 5.74) is 5.97. The molecule has 0 aliphatic carbocycles. The fraction of sp³-hybridized carbons (Fsp3) is 0.364. The Morgan fingerprint density at radius 2 is 2.35 bits per heavy atom. The lowest BCUT2D eigenvalue weighted by atomic mass is 10.1. The summed E-state index contributed by atoms with van der Waals surface area (Å²) < 4.78 is 11.2. The third-order valence-electron chi connectivity index (χ3n) is 2.42. The molecule has 5 nitrogen and oxygen atoms in total. The molecular formula is C11H13BrN2O3. The molecule has 0 saturated carbocycles. The van der Waals surface area contributed by atoms with Crippen molar-refractivity contribution in [1.82, 2.24) is 5.32 Å².